The Labute approximate surface area is 96.0 Å². The lowest BCUT2D eigenvalue weighted by Crippen LogP contribution is -1.89. The summed E-state index contributed by atoms with van der Waals surface area (Å²) in [6.45, 7) is 1.69. The van der Waals surface area contributed by atoms with Gasteiger partial charge in [-0.2, -0.15) is 0 Å². The van der Waals surface area contributed by atoms with Crippen molar-refractivity contribution in [2.45, 2.75) is 6.92 Å². The summed E-state index contributed by atoms with van der Waals surface area (Å²) in [7, 11) is 0. The van der Waals surface area contributed by atoms with Gasteiger partial charge in [0.05, 0.1) is 0 Å². The SMILES string of the molecule is Cc1ccc(-c2ccc(C(=O)O)s2)cc1F. The van der Waals surface area contributed by atoms with Crippen LogP contribution in [0.5, 0.6) is 0 Å². The van der Waals surface area contributed by atoms with Crippen LogP contribution in [0.25, 0.3) is 10.4 Å². The number of carboxylic acid groups (broad SMARTS) is 1. The Hall–Kier alpha value is -1.68. The molecule has 2 nitrogen and oxygen atoms in total. The van der Waals surface area contributed by atoms with Crippen LogP contribution < -0.4 is 0 Å². The predicted molar refractivity (Wildman–Crippen MR) is 61.4 cm³/mol. The van der Waals surface area contributed by atoms with E-state index in [9.17, 15) is 9.18 Å². The highest BCUT2D eigenvalue weighted by Gasteiger charge is 2.09. The number of aryl methyl sites for hydroxylation is 1. The number of hydrogen-bond donors (Lipinski definition) is 1. The Morgan fingerprint density at radius 2 is 2.06 bits per heavy atom. The summed E-state index contributed by atoms with van der Waals surface area (Å²) < 4.78 is 13.3. The lowest BCUT2D eigenvalue weighted by Gasteiger charge is -1.99. The molecule has 0 saturated heterocycles. The number of halogens is 1. The number of hydrogen-bond acceptors (Lipinski definition) is 2. The molecule has 0 aliphatic carbocycles. The fourth-order valence-corrected chi connectivity index (χ4v) is 2.20. The molecule has 0 spiro atoms. The molecule has 1 N–H and O–H groups in total. The minimum absolute atomic E-state index is 0.260. The summed E-state index contributed by atoms with van der Waals surface area (Å²) >= 11 is 1.14. The molecule has 1 heterocycles. The maximum atomic E-state index is 13.3. The minimum Gasteiger partial charge on any atom is -0.477 e. The third kappa shape index (κ3) is 1.97. The molecule has 0 fully saturated rings. The fraction of sp³-hybridized carbons (Fsp3) is 0.0833. The average Bonchev–Trinajstić information content (AvgIpc) is 2.71. The van der Waals surface area contributed by atoms with Crippen molar-refractivity contribution in [2.75, 3.05) is 0 Å². The third-order valence-electron chi connectivity index (χ3n) is 2.27. The second-order valence-corrected chi connectivity index (χ2v) is 4.52. The Bertz CT molecular complexity index is 546. The first-order valence-electron chi connectivity index (χ1n) is 4.67. The number of carbonyl (C=O) groups is 1. The van der Waals surface area contributed by atoms with Crippen molar-refractivity contribution in [1.29, 1.82) is 0 Å². The average molecular weight is 236 g/mol. The van der Waals surface area contributed by atoms with Gasteiger partial charge >= 0.3 is 5.97 Å². The lowest BCUT2D eigenvalue weighted by atomic mass is 10.1. The Kier molecular flexibility index (Phi) is 2.75. The van der Waals surface area contributed by atoms with Gasteiger partial charge in [0.2, 0.25) is 0 Å². The van der Waals surface area contributed by atoms with Crippen LogP contribution in [0.2, 0.25) is 0 Å². The van der Waals surface area contributed by atoms with E-state index in [4.69, 9.17) is 5.11 Å². The van der Waals surface area contributed by atoms with Gasteiger partial charge in [-0.15, -0.1) is 11.3 Å². The molecule has 0 saturated carbocycles. The maximum absolute atomic E-state index is 13.3. The standard InChI is InChI=1S/C12H9FO2S/c1-7-2-3-8(6-9(7)13)10-4-5-11(16-10)12(14)15/h2-6H,1H3,(H,14,15). The Morgan fingerprint density at radius 1 is 1.31 bits per heavy atom. The van der Waals surface area contributed by atoms with Crippen LogP contribution in [0.1, 0.15) is 15.2 Å². The van der Waals surface area contributed by atoms with Crippen molar-refractivity contribution >= 4 is 17.3 Å². The Balaban J connectivity index is 2.42. The molecule has 0 unspecified atom stereocenters. The van der Waals surface area contributed by atoms with E-state index < -0.39 is 5.97 Å². The predicted octanol–water partition coefficient (Wildman–Crippen LogP) is 3.56. The second-order valence-electron chi connectivity index (χ2n) is 3.43. The van der Waals surface area contributed by atoms with Crippen LogP contribution >= 0.6 is 11.3 Å². The Morgan fingerprint density at radius 3 is 2.62 bits per heavy atom. The molecule has 0 atom stereocenters. The summed E-state index contributed by atoms with van der Waals surface area (Å²) in [6, 6.07) is 8.12. The molecule has 2 aromatic rings. The monoisotopic (exact) mass is 236 g/mol. The number of rotatable bonds is 2. The summed E-state index contributed by atoms with van der Waals surface area (Å²) in [6.07, 6.45) is 0. The molecule has 0 bridgehead atoms. The van der Waals surface area contributed by atoms with E-state index in [1.807, 2.05) is 0 Å². The van der Waals surface area contributed by atoms with E-state index in [0.717, 1.165) is 16.2 Å². The van der Waals surface area contributed by atoms with Gasteiger partial charge in [-0.3, -0.25) is 0 Å². The molecular formula is C12H9FO2S. The van der Waals surface area contributed by atoms with Gasteiger partial charge in [0.1, 0.15) is 10.7 Å². The largest absolute Gasteiger partial charge is 0.477 e. The molecule has 0 aliphatic heterocycles. The maximum Gasteiger partial charge on any atom is 0.345 e. The summed E-state index contributed by atoms with van der Waals surface area (Å²) in [5, 5.41) is 8.78. The molecule has 4 heteroatoms. The fourth-order valence-electron chi connectivity index (χ4n) is 1.35. The van der Waals surface area contributed by atoms with Gasteiger partial charge < -0.3 is 5.11 Å². The first-order chi connectivity index (χ1) is 7.58. The molecule has 0 radical (unpaired) electrons. The number of aromatic carboxylic acids is 1. The van der Waals surface area contributed by atoms with Crippen molar-refractivity contribution < 1.29 is 14.3 Å². The van der Waals surface area contributed by atoms with Crippen molar-refractivity contribution in [3.05, 3.63) is 46.6 Å². The molecule has 0 aliphatic rings. The zero-order chi connectivity index (χ0) is 11.7. The molecule has 1 aromatic heterocycles. The second kappa shape index (κ2) is 4.06. The van der Waals surface area contributed by atoms with E-state index in [-0.39, 0.29) is 10.7 Å². The van der Waals surface area contributed by atoms with Gasteiger partial charge in [0.25, 0.3) is 0 Å². The van der Waals surface area contributed by atoms with Crippen molar-refractivity contribution in [3.63, 3.8) is 0 Å². The van der Waals surface area contributed by atoms with Gasteiger partial charge in [0.15, 0.2) is 0 Å². The normalized spacial score (nSPS) is 10.4. The van der Waals surface area contributed by atoms with Crippen LogP contribution in [0.4, 0.5) is 4.39 Å². The van der Waals surface area contributed by atoms with Gasteiger partial charge in [-0.25, -0.2) is 9.18 Å². The van der Waals surface area contributed by atoms with Crippen LogP contribution in [-0.4, -0.2) is 11.1 Å². The lowest BCUT2D eigenvalue weighted by molar-refractivity contribution is 0.0702. The summed E-state index contributed by atoms with van der Waals surface area (Å²) in [4.78, 5) is 11.7. The third-order valence-corrected chi connectivity index (χ3v) is 3.40. The van der Waals surface area contributed by atoms with Crippen molar-refractivity contribution in [2.24, 2.45) is 0 Å². The summed E-state index contributed by atoms with van der Waals surface area (Å²) in [5.41, 5.74) is 1.29. The highest BCUT2D eigenvalue weighted by atomic mass is 32.1. The van der Waals surface area contributed by atoms with E-state index in [2.05, 4.69) is 0 Å². The summed E-state index contributed by atoms with van der Waals surface area (Å²) in [5.74, 6) is -1.23. The van der Waals surface area contributed by atoms with Crippen LogP contribution in [-0.2, 0) is 0 Å². The zero-order valence-electron chi connectivity index (χ0n) is 8.53. The molecule has 1 aromatic carbocycles. The highest BCUT2D eigenvalue weighted by molar-refractivity contribution is 7.17. The molecule has 82 valence electrons. The number of thiophene rings is 1. The quantitative estimate of drug-likeness (QED) is 0.865. The van der Waals surface area contributed by atoms with Crippen LogP contribution in [0.15, 0.2) is 30.3 Å². The molecule has 0 amide bonds. The molecular weight excluding hydrogens is 227 g/mol. The minimum atomic E-state index is -0.955. The van der Waals surface area contributed by atoms with E-state index >= 15 is 0 Å². The van der Waals surface area contributed by atoms with E-state index in [1.54, 1.807) is 25.1 Å². The van der Waals surface area contributed by atoms with E-state index in [0.29, 0.717) is 11.1 Å². The highest BCUT2D eigenvalue weighted by Crippen LogP contribution is 2.29. The van der Waals surface area contributed by atoms with E-state index in [1.165, 1.54) is 12.1 Å². The smallest absolute Gasteiger partial charge is 0.345 e. The number of carboxylic acids is 1. The first kappa shape index (κ1) is 10.8. The van der Waals surface area contributed by atoms with Crippen molar-refractivity contribution in [1.82, 2.24) is 0 Å². The van der Waals surface area contributed by atoms with Gasteiger partial charge in [-0.05, 0) is 36.2 Å². The van der Waals surface area contributed by atoms with Gasteiger partial charge in [-0.1, -0.05) is 12.1 Å². The van der Waals surface area contributed by atoms with Crippen LogP contribution in [0, 0.1) is 12.7 Å². The topological polar surface area (TPSA) is 37.3 Å². The molecule has 2 rings (SSSR count). The first-order valence-corrected chi connectivity index (χ1v) is 5.49. The molecule has 16 heavy (non-hydrogen) atoms. The van der Waals surface area contributed by atoms with Gasteiger partial charge in [0, 0.05) is 4.88 Å². The van der Waals surface area contributed by atoms with Crippen molar-refractivity contribution in [3.8, 4) is 10.4 Å². The zero-order valence-corrected chi connectivity index (χ0v) is 9.34. The number of benzene rings is 1. The van der Waals surface area contributed by atoms with Crippen LogP contribution in [0.3, 0.4) is 0 Å².